The van der Waals surface area contributed by atoms with Crippen LogP contribution in [0.25, 0.3) is 0 Å². The largest absolute Gasteiger partial charge is 0.457 e. The van der Waals surface area contributed by atoms with Gasteiger partial charge in [-0.05, 0) is 30.3 Å². The Hall–Kier alpha value is -3.49. The van der Waals surface area contributed by atoms with Crippen molar-refractivity contribution >= 4 is 17.9 Å². The third-order valence-corrected chi connectivity index (χ3v) is 4.66. The Morgan fingerprint density at radius 2 is 1.39 bits per heavy atom. The first kappa shape index (κ1) is 22.2. The highest BCUT2D eigenvalue weighted by molar-refractivity contribution is 5.90. The van der Waals surface area contributed by atoms with Crippen molar-refractivity contribution in [2.24, 2.45) is 0 Å². The molecule has 0 amide bonds. The summed E-state index contributed by atoms with van der Waals surface area (Å²) >= 11 is 0. The van der Waals surface area contributed by atoms with Gasteiger partial charge in [-0.1, -0.05) is 36.4 Å². The maximum absolute atomic E-state index is 12.3. The summed E-state index contributed by atoms with van der Waals surface area (Å²) in [5, 5.41) is 21.1. The van der Waals surface area contributed by atoms with Crippen LogP contribution in [0.15, 0.2) is 72.3 Å². The fourth-order valence-corrected chi connectivity index (χ4v) is 3.17. The van der Waals surface area contributed by atoms with Crippen LogP contribution in [0.5, 0.6) is 0 Å². The van der Waals surface area contributed by atoms with Gasteiger partial charge in [0.15, 0.2) is 12.2 Å². The van der Waals surface area contributed by atoms with Crippen molar-refractivity contribution in [1.82, 2.24) is 0 Å². The minimum atomic E-state index is -1.57. The Bertz CT molecular complexity index is 954. The van der Waals surface area contributed by atoms with Crippen LogP contribution < -0.4 is 0 Å². The highest BCUT2D eigenvalue weighted by Crippen LogP contribution is 2.27. The quantitative estimate of drug-likeness (QED) is 0.407. The summed E-state index contributed by atoms with van der Waals surface area (Å²) in [5.41, 5.74) is 0.725. The Morgan fingerprint density at radius 1 is 0.839 bits per heavy atom. The van der Waals surface area contributed by atoms with Crippen molar-refractivity contribution in [2.45, 2.75) is 31.3 Å². The van der Waals surface area contributed by atoms with Gasteiger partial charge in [0, 0.05) is 12.5 Å². The number of esters is 3. The third-order valence-electron chi connectivity index (χ3n) is 4.66. The van der Waals surface area contributed by atoms with E-state index in [2.05, 4.69) is 0 Å². The highest BCUT2D eigenvalue weighted by atomic mass is 16.6. The van der Waals surface area contributed by atoms with Crippen molar-refractivity contribution < 1.29 is 38.8 Å². The van der Waals surface area contributed by atoms with Crippen LogP contribution in [0.1, 0.15) is 27.6 Å². The zero-order valence-corrected chi connectivity index (χ0v) is 16.7. The second kappa shape index (κ2) is 10.0. The molecule has 1 aliphatic rings. The molecule has 0 aromatic heterocycles. The van der Waals surface area contributed by atoms with Gasteiger partial charge in [-0.25, -0.2) is 9.59 Å². The van der Waals surface area contributed by atoms with Gasteiger partial charge in [-0.3, -0.25) is 4.79 Å². The maximum atomic E-state index is 12.3. The van der Waals surface area contributed by atoms with Gasteiger partial charge >= 0.3 is 17.9 Å². The van der Waals surface area contributed by atoms with Crippen LogP contribution in [-0.4, -0.2) is 59.1 Å². The smallest absolute Gasteiger partial charge is 0.338 e. The molecule has 8 nitrogen and oxygen atoms in total. The van der Waals surface area contributed by atoms with Crippen LogP contribution in [-0.2, 0) is 19.0 Å². The second-order valence-corrected chi connectivity index (χ2v) is 6.93. The molecule has 2 aromatic rings. The lowest BCUT2D eigenvalue weighted by Crippen LogP contribution is -2.52. The van der Waals surface area contributed by atoms with Crippen LogP contribution >= 0.6 is 0 Å². The lowest BCUT2D eigenvalue weighted by Gasteiger charge is -2.36. The monoisotopic (exact) mass is 426 g/mol. The normalized spacial score (nSPS) is 22.7. The number of carbonyl (C=O) groups excluding carboxylic acids is 3. The molecule has 162 valence electrons. The molecule has 0 heterocycles. The summed E-state index contributed by atoms with van der Waals surface area (Å²) in [7, 11) is 0. The molecule has 4 atom stereocenters. The number of aliphatic hydroxyl groups excluding tert-OH is 2. The molecule has 0 saturated carbocycles. The van der Waals surface area contributed by atoms with Crippen molar-refractivity contribution in [3.8, 4) is 0 Å². The van der Waals surface area contributed by atoms with E-state index in [0.29, 0.717) is 5.56 Å². The van der Waals surface area contributed by atoms with E-state index in [4.69, 9.17) is 14.2 Å². The fourth-order valence-electron chi connectivity index (χ4n) is 3.17. The number of hydrogen-bond acceptors (Lipinski definition) is 8. The molecule has 0 radical (unpaired) electrons. The average molecular weight is 426 g/mol. The van der Waals surface area contributed by atoms with E-state index in [1.807, 2.05) is 0 Å². The summed E-state index contributed by atoms with van der Waals surface area (Å²) in [6.45, 7) is 0.815. The maximum Gasteiger partial charge on any atom is 0.338 e. The van der Waals surface area contributed by atoms with E-state index in [0.717, 1.165) is 6.92 Å². The van der Waals surface area contributed by atoms with Gasteiger partial charge in [0.1, 0.15) is 18.8 Å². The zero-order chi connectivity index (χ0) is 22.4. The van der Waals surface area contributed by atoms with Crippen molar-refractivity contribution in [2.75, 3.05) is 6.61 Å². The predicted octanol–water partition coefficient (Wildman–Crippen LogP) is 1.66. The first-order valence-electron chi connectivity index (χ1n) is 9.59. The molecule has 31 heavy (non-hydrogen) atoms. The van der Waals surface area contributed by atoms with E-state index in [-0.39, 0.29) is 17.7 Å². The van der Waals surface area contributed by atoms with Gasteiger partial charge < -0.3 is 24.4 Å². The number of aliphatic hydroxyl groups is 2. The van der Waals surface area contributed by atoms with Crippen LogP contribution in [0.3, 0.4) is 0 Å². The molecule has 0 spiro atoms. The van der Waals surface area contributed by atoms with Crippen molar-refractivity contribution in [3.05, 3.63) is 83.4 Å². The van der Waals surface area contributed by atoms with Crippen molar-refractivity contribution in [1.29, 1.82) is 0 Å². The Morgan fingerprint density at radius 3 is 1.94 bits per heavy atom. The fraction of sp³-hybridized carbons (Fsp3) is 0.261. The first-order chi connectivity index (χ1) is 14.9. The molecular formula is C23H22O8. The van der Waals surface area contributed by atoms with Crippen LogP contribution in [0.2, 0.25) is 0 Å². The second-order valence-electron chi connectivity index (χ2n) is 6.93. The molecule has 0 bridgehead atoms. The Balaban J connectivity index is 1.75. The minimum Gasteiger partial charge on any atom is -0.457 e. The van der Waals surface area contributed by atoms with E-state index in [1.165, 1.54) is 18.2 Å². The van der Waals surface area contributed by atoms with Gasteiger partial charge in [0.25, 0.3) is 0 Å². The summed E-state index contributed by atoms with van der Waals surface area (Å²) < 4.78 is 15.7. The molecule has 8 heteroatoms. The molecule has 1 aliphatic carbocycles. The Kier molecular flexibility index (Phi) is 7.17. The summed E-state index contributed by atoms with van der Waals surface area (Å²) in [6, 6.07) is 16.3. The van der Waals surface area contributed by atoms with Crippen LogP contribution in [0.4, 0.5) is 0 Å². The number of benzene rings is 2. The number of carbonyl (C=O) groups is 3. The van der Waals surface area contributed by atoms with Crippen LogP contribution in [0, 0.1) is 0 Å². The number of ether oxygens (including phenoxy) is 3. The number of hydrogen-bond donors (Lipinski definition) is 2. The molecule has 2 aromatic carbocycles. The third kappa shape index (κ3) is 5.56. The molecule has 0 unspecified atom stereocenters. The predicted molar refractivity (Wildman–Crippen MR) is 108 cm³/mol. The summed E-state index contributed by atoms with van der Waals surface area (Å²) in [6.07, 6.45) is -4.37. The van der Waals surface area contributed by atoms with E-state index in [1.54, 1.807) is 48.5 Å². The lowest BCUT2D eigenvalue weighted by molar-refractivity contribution is -0.159. The lowest BCUT2D eigenvalue weighted by atomic mass is 9.89. The average Bonchev–Trinajstić information content (AvgIpc) is 2.78. The first-order valence-corrected chi connectivity index (χ1v) is 9.59. The van der Waals surface area contributed by atoms with E-state index < -0.39 is 42.3 Å². The minimum absolute atomic E-state index is 0.173. The van der Waals surface area contributed by atoms with E-state index >= 15 is 0 Å². The molecular weight excluding hydrogens is 404 g/mol. The molecule has 2 N–H and O–H groups in total. The molecule has 0 fully saturated rings. The number of rotatable bonds is 6. The standard InChI is InChI=1S/C23H22O8/c1-14(24)30-20-17(13-29-22(27)15-8-4-2-5-9-15)12-18(25)21(19(20)26)31-23(28)16-10-6-3-7-11-16/h2-12,18-21,25-26H,13H2,1H3/t18-,19+,20+,21-/m1/s1. The summed E-state index contributed by atoms with van der Waals surface area (Å²) in [4.78, 5) is 36.1. The summed E-state index contributed by atoms with van der Waals surface area (Å²) in [5.74, 6) is -2.07. The zero-order valence-electron chi connectivity index (χ0n) is 16.7. The van der Waals surface area contributed by atoms with Gasteiger partial charge in [0.05, 0.1) is 11.1 Å². The molecule has 3 rings (SSSR count). The Labute approximate surface area is 178 Å². The van der Waals surface area contributed by atoms with Gasteiger partial charge in [-0.2, -0.15) is 0 Å². The van der Waals surface area contributed by atoms with Gasteiger partial charge in [-0.15, -0.1) is 0 Å². The SMILES string of the molecule is CC(=O)O[C@H]1C(COC(=O)c2ccccc2)=C[C@@H](O)[C@@H](OC(=O)c2ccccc2)[C@H]1O. The topological polar surface area (TPSA) is 119 Å². The molecule has 0 aliphatic heterocycles. The van der Waals surface area contributed by atoms with E-state index in [9.17, 15) is 24.6 Å². The highest BCUT2D eigenvalue weighted by Gasteiger charge is 2.43. The van der Waals surface area contributed by atoms with Gasteiger partial charge in [0.2, 0.25) is 0 Å². The van der Waals surface area contributed by atoms with Crippen molar-refractivity contribution in [3.63, 3.8) is 0 Å². The molecule has 0 saturated heterocycles.